The van der Waals surface area contributed by atoms with E-state index in [0.29, 0.717) is 12.1 Å². The zero-order valence-electron chi connectivity index (χ0n) is 11.7. The predicted molar refractivity (Wildman–Crippen MR) is 82.3 cm³/mol. The number of morpholine rings is 1. The minimum atomic E-state index is 0.491. The molecule has 4 heteroatoms. The summed E-state index contributed by atoms with van der Waals surface area (Å²) in [6.45, 7) is 5.92. The minimum Gasteiger partial charge on any atom is -0.379 e. The maximum absolute atomic E-state index is 5.51. The molecule has 0 bridgehead atoms. The van der Waals surface area contributed by atoms with Crippen molar-refractivity contribution in [3.63, 3.8) is 0 Å². The Balaban J connectivity index is 1.85. The van der Waals surface area contributed by atoms with Gasteiger partial charge in [-0.1, -0.05) is 34.1 Å². The Hall–Kier alpha value is -0.420. The fourth-order valence-corrected chi connectivity index (χ4v) is 2.82. The molecular formula is C15H23BrN2O. The molecule has 1 saturated heterocycles. The van der Waals surface area contributed by atoms with Crippen LogP contribution in [-0.2, 0) is 11.3 Å². The minimum absolute atomic E-state index is 0.491. The lowest BCUT2D eigenvalue weighted by Gasteiger charge is -2.31. The number of hydrogen-bond donors (Lipinski definition) is 1. The first-order valence-electron chi connectivity index (χ1n) is 6.91. The van der Waals surface area contributed by atoms with Gasteiger partial charge in [-0.15, -0.1) is 0 Å². The molecule has 0 aromatic heterocycles. The summed E-state index contributed by atoms with van der Waals surface area (Å²) in [6, 6.07) is 9.45. The van der Waals surface area contributed by atoms with E-state index in [2.05, 4.69) is 64.4 Å². The highest BCUT2D eigenvalue weighted by Crippen LogP contribution is 2.19. The van der Waals surface area contributed by atoms with Gasteiger partial charge in [-0.3, -0.25) is 4.90 Å². The first-order valence-corrected chi connectivity index (χ1v) is 7.71. The largest absolute Gasteiger partial charge is 0.379 e. The van der Waals surface area contributed by atoms with Gasteiger partial charge in [-0.25, -0.2) is 0 Å². The van der Waals surface area contributed by atoms with Crippen LogP contribution in [0.2, 0.25) is 0 Å². The fourth-order valence-electron chi connectivity index (χ4n) is 2.41. The molecule has 19 heavy (non-hydrogen) atoms. The lowest BCUT2D eigenvalue weighted by molar-refractivity contribution is 0.0638. The monoisotopic (exact) mass is 326 g/mol. The summed E-state index contributed by atoms with van der Waals surface area (Å²) < 4.78 is 6.70. The van der Waals surface area contributed by atoms with Crippen LogP contribution in [0.25, 0.3) is 0 Å². The summed E-state index contributed by atoms with van der Waals surface area (Å²) in [5.74, 6) is 0. The summed E-state index contributed by atoms with van der Waals surface area (Å²) in [4.78, 5) is 2.40. The smallest absolute Gasteiger partial charge is 0.0620 e. The van der Waals surface area contributed by atoms with Crippen molar-refractivity contribution in [2.45, 2.75) is 32.0 Å². The van der Waals surface area contributed by atoms with Crippen LogP contribution in [0.1, 0.15) is 18.9 Å². The number of benzene rings is 1. The Morgan fingerprint density at radius 3 is 2.95 bits per heavy atom. The molecule has 2 rings (SSSR count). The molecule has 2 atom stereocenters. The van der Waals surface area contributed by atoms with Gasteiger partial charge in [0.05, 0.1) is 13.2 Å². The summed E-state index contributed by atoms with van der Waals surface area (Å²) in [7, 11) is 2.19. The number of nitrogens with one attached hydrogen (secondary N) is 1. The first kappa shape index (κ1) is 15.0. The molecule has 1 aromatic rings. The number of ether oxygens (including phenoxy) is 1. The van der Waals surface area contributed by atoms with Crippen LogP contribution in [0.5, 0.6) is 0 Å². The van der Waals surface area contributed by atoms with Gasteiger partial charge in [0.1, 0.15) is 0 Å². The molecule has 0 radical (unpaired) electrons. The van der Waals surface area contributed by atoms with Crippen molar-refractivity contribution in [1.82, 2.24) is 10.2 Å². The summed E-state index contributed by atoms with van der Waals surface area (Å²) >= 11 is 3.61. The zero-order valence-corrected chi connectivity index (χ0v) is 13.3. The number of hydrogen-bond acceptors (Lipinski definition) is 3. The molecule has 1 fully saturated rings. The van der Waals surface area contributed by atoms with Crippen molar-refractivity contribution in [3.05, 3.63) is 34.3 Å². The highest BCUT2D eigenvalue weighted by molar-refractivity contribution is 9.10. The molecule has 1 aromatic carbocycles. The third-order valence-electron chi connectivity index (χ3n) is 3.75. The Bertz CT molecular complexity index is 393. The van der Waals surface area contributed by atoms with Gasteiger partial charge in [-0.05, 0) is 32.0 Å². The zero-order chi connectivity index (χ0) is 13.7. The topological polar surface area (TPSA) is 24.5 Å². The number of halogens is 1. The average molecular weight is 327 g/mol. The maximum Gasteiger partial charge on any atom is 0.0620 e. The Morgan fingerprint density at radius 2 is 2.26 bits per heavy atom. The maximum atomic E-state index is 5.51. The second kappa shape index (κ2) is 7.39. The lowest BCUT2D eigenvalue weighted by atomic mass is 10.1. The van der Waals surface area contributed by atoms with Crippen LogP contribution in [0.3, 0.4) is 0 Å². The Labute approximate surface area is 124 Å². The molecule has 0 spiro atoms. The lowest BCUT2D eigenvalue weighted by Crippen LogP contribution is -2.45. The Kier molecular flexibility index (Phi) is 5.82. The third kappa shape index (κ3) is 4.56. The van der Waals surface area contributed by atoms with Gasteiger partial charge in [0, 0.05) is 29.6 Å². The molecule has 2 unspecified atom stereocenters. The van der Waals surface area contributed by atoms with Crippen molar-refractivity contribution in [1.29, 1.82) is 0 Å². The number of rotatable bonds is 5. The Morgan fingerprint density at radius 1 is 1.47 bits per heavy atom. The SMILES string of the molecule is CC(CC1COCCN1)N(C)Cc1ccccc1Br. The molecule has 3 nitrogen and oxygen atoms in total. The van der Waals surface area contributed by atoms with Crippen LogP contribution >= 0.6 is 15.9 Å². The summed E-state index contributed by atoms with van der Waals surface area (Å²) in [5, 5.41) is 3.52. The van der Waals surface area contributed by atoms with Crippen molar-refractivity contribution >= 4 is 15.9 Å². The van der Waals surface area contributed by atoms with Crippen LogP contribution in [0.15, 0.2) is 28.7 Å². The molecule has 0 aliphatic carbocycles. The van der Waals surface area contributed by atoms with Crippen molar-refractivity contribution in [3.8, 4) is 0 Å². The van der Waals surface area contributed by atoms with Gasteiger partial charge in [0.25, 0.3) is 0 Å². The van der Waals surface area contributed by atoms with Crippen LogP contribution < -0.4 is 5.32 Å². The van der Waals surface area contributed by atoms with E-state index in [0.717, 1.165) is 32.7 Å². The molecule has 1 heterocycles. The predicted octanol–water partition coefficient (Wildman–Crippen LogP) is 2.65. The summed E-state index contributed by atoms with van der Waals surface area (Å²) in [5.41, 5.74) is 1.34. The normalized spacial score (nSPS) is 21.6. The van der Waals surface area contributed by atoms with E-state index in [1.165, 1.54) is 10.0 Å². The van der Waals surface area contributed by atoms with Crippen molar-refractivity contribution in [2.24, 2.45) is 0 Å². The quantitative estimate of drug-likeness (QED) is 0.900. The van der Waals surface area contributed by atoms with E-state index in [9.17, 15) is 0 Å². The van der Waals surface area contributed by atoms with E-state index in [-0.39, 0.29) is 0 Å². The van der Waals surface area contributed by atoms with E-state index in [4.69, 9.17) is 4.74 Å². The number of nitrogens with zero attached hydrogens (tertiary/aromatic N) is 1. The second-order valence-electron chi connectivity index (χ2n) is 5.32. The van der Waals surface area contributed by atoms with E-state index < -0.39 is 0 Å². The van der Waals surface area contributed by atoms with Crippen molar-refractivity contribution < 1.29 is 4.74 Å². The van der Waals surface area contributed by atoms with Crippen LogP contribution in [-0.4, -0.2) is 43.8 Å². The molecule has 1 N–H and O–H groups in total. The van der Waals surface area contributed by atoms with Gasteiger partial charge in [0.15, 0.2) is 0 Å². The molecule has 0 amide bonds. The highest BCUT2D eigenvalue weighted by atomic mass is 79.9. The standard InChI is InChI=1S/C15H23BrN2O/c1-12(9-14-11-19-8-7-17-14)18(2)10-13-5-3-4-6-15(13)16/h3-6,12,14,17H,7-11H2,1-2H3. The van der Waals surface area contributed by atoms with Crippen LogP contribution in [0.4, 0.5) is 0 Å². The van der Waals surface area contributed by atoms with E-state index >= 15 is 0 Å². The summed E-state index contributed by atoms with van der Waals surface area (Å²) in [6.07, 6.45) is 1.13. The van der Waals surface area contributed by atoms with Gasteiger partial charge < -0.3 is 10.1 Å². The fraction of sp³-hybridized carbons (Fsp3) is 0.600. The van der Waals surface area contributed by atoms with Crippen LogP contribution in [0, 0.1) is 0 Å². The molecular weight excluding hydrogens is 304 g/mol. The second-order valence-corrected chi connectivity index (χ2v) is 6.17. The molecule has 1 aliphatic rings. The molecule has 106 valence electrons. The van der Waals surface area contributed by atoms with Gasteiger partial charge in [-0.2, -0.15) is 0 Å². The average Bonchev–Trinajstić information content (AvgIpc) is 2.42. The first-order chi connectivity index (χ1) is 9.16. The third-order valence-corrected chi connectivity index (χ3v) is 4.53. The molecule has 1 aliphatic heterocycles. The van der Waals surface area contributed by atoms with Gasteiger partial charge in [0.2, 0.25) is 0 Å². The van der Waals surface area contributed by atoms with Gasteiger partial charge >= 0.3 is 0 Å². The van der Waals surface area contributed by atoms with E-state index in [1.807, 2.05) is 0 Å². The van der Waals surface area contributed by atoms with E-state index in [1.54, 1.807) is 0 Å². The van der Waals surface area contributed by atoms with Crippen molar-refractivity contribution in [2.75, 3.05) is 26.8 Å². The highest BCUT2D eigenvalue weighted by Gasteiger charge is 2.19. The molecule has 0 saturated carbocycles.